The van der Waals surface area contributed by atoms with E-state index in [1.165, 1.54) is 0 Å². The van der Waals surface area contributed by atoms with Gasteiger partial charge in [0.05, 0.1) is 0 Å². The van der Waals surface area contributed by atoms with Crippen molar-refractivity contribution in [3.63, 3.8) is 0 Å². The van der Waals surface area contributed by atoms with E-state index in [0.29, 0.717) is 10.7 Å². The lowest BCUT2D eigenvalue weighted by atomic mass is 10.2. The molecule has 5 nitrogen and oxygen atoms in total. The van der Waals surface area contributed by atoms with Gasteiger partial charge in [-0.1, -0.05) is 17.7 Å². The van der Waals surface area contributed by atoms with E-state index < -0.39 is 0 Å². The molecule has 3 rings (SSSR count). The second-order valence-electron chi connectivity index (χ2n) is 6.64. The van der Waals surface area contributed by atoms with Crippen molar-refractivity contribution in [1.29, 1.82) is 0 Å². The molecule has 130 valence electrons. The minimum absolute atomic E-state index is 0.0284. The summed E-state index contributed by atoms with van der Waals surface area (Å²) in [4.78, 5) is 22.4. The molecule has 0 saturated carbocycles. The summed E-state index contributed by atoms with van der Waals surface area (Å²) in [6.45, 7) is 6.32. The Kier molecular flexibility index (Phi) is 5.43. The quantitative estimate of drug-likeness (QED) is 0.903. The van der Waals surface area contributed by atoms with Crippen LogP contribution in [-0.4, -0.2) is 79.0 Å². The maximum atomic E-state index is 12.6. The Hall–Kier alpha value is -1.56. The molecular formula is C18H25ClN4O. The lowest BCUT2D eigenvalue weighted by Crippen LogP contribution is -2.45. The Morgan fingerprint density at radius 2 is 2.00 bits per heavy atom. The molecular weight excluding hydrogens is 324 g/mol. The van der Waals surface area contributed by atoms with Crippen LogP contribution in [0.1, 0.15) is 16.9 Å². The van der Waals surface area contributed by atoms with Crippen LogP contribution in [0.5, 0.6) is 0 Å². The number of piperazine rings is 1. The second-order valence-corrected chi connectivity index (χ2v) is 7.08. The van der Waals surface area contributed by atoms with Crippen molar-refractivity contribution >= 4 is 28.4 Å². The summed E-state index contributed by atoms with van der Waals surface area (Å²) < 4.78 is 0. The van der Waals surface area contributed by atoms with Crippen LogP contribution < -0.4 is 0 Å². The van der Waals surface area contributed by atoms with Crippen LogP contribution in [0, 0.1) is 0 Å². The summed E-state index contributed by atoms with van der Waals surface area (Å²) in [6, 6.07) is 7.51. The van der Waals surface area contributed by atoms with Gasteiger partial charge in [-0.15, -0.1) is 0 Å². The van der Waals surface area contributed by atoms with Gasteiger partial charge in [0.2, 0.25) is 0 Å². The Balaban J connectivity index is 1.52. The summed E-state index contributed by atoms with van der Waals surface area (Å²) in [7, 11) is 4.03. The largest absolute Gasteiger partial charge is 0.350 e. The van der Waals surface area contributed by atoms with Crippen LogP contribution in [0.4, 0.5) is 0 Å². The predicted octanol–water partition coefficient (Wildman–Crippen LogP) is 2.53. The van der Waals surface area contributed by atoms with Gasteiger partial charge in [-0.3, -0.25) is 4.79 Å². The molecule has 1 aromatic carbocycles. The summed E-state index contributed by atoms with van der Waals surface area (Å²) in [5.41, 5.74) is 1.52. The predicted molar refractivity (Wildman–Crippen MR) is 98.8 cm³/mol. The first-order valence-electron chi connectivity index (χ1n) is 8.47. The average Bonchev–Trinajstić information content (AvgIpc) is 2.98. The number of carbonyl (C=O) groups excluding carboxylic acids is 1. The highest BCUT2D eigenvalue weighted by Crippen LogP contribution is 2.20. The van der Waals surface area contributed by atoms with E-state index in [4.69, 9.17) is 11.6 Å². The maximum Gasteiger partial charge on any atom is 0.270 e. The van der Waals surface area contributed by atoms with Crippen molar-refractivity contribution < 1.29 is 4.79 Å². The topological polar surface area (TPSA) is 42.6 Å². The minimum Gasteiger partial charge on any atom is -0.350 e. The van der Waals surface area contributed by atoms with E-state index in [-0.39, 0.29) is 5.91 Å². The third-order valence-electron chi connectivity index (χ3n) is 4.73. The smallest absolute Gasteiger partial charge is 0.270 e. The van der Waals surface area contributed by atoms with E-state index in [2.05, 4.69) is 21.8 Å². The number of aromatic nitrogens is 1. The number of fused-ring (bicyclic) bond motifs is 1. The molecule has 1 saturated heterocycles. The number of aromatic amines is 1. The average molecular weight is 349 g/mol. The zero-order chi connectivity index (χ0) is 17.1. The molecule has 0 atom stereocenters. The summed E-state index contributed by atoms with van der Waals surface area (Å²) in [6.07, 6.45) is 0.998. The summed E-state index contributed by atoms with van der Waals surface area (Å²) >= 11 is 6.00. The molecule has 1 amide bonds. The van der Waals surface area contributed by atoms with Gasteiger partial charge in [-0.2, -0.15) is 0 Å². The number of benzene rings is 1. The first-order chi connectivity index (χ1) is 11.5. The van der Waals surface area contributed by atoms with Crippen LogP contribution in [0.25, 0.3) is 10.9 Å². The number of hydrogen-bond acceptors (Lipinski definition) is 3. The van der Waals surface area contributed by atoms with Crippen LogP contribution in [-0.2, 0) is 0 Å². The van der Waals surface area contributed by atoms with Crippen molar-refractivity contribution in [2.75, 3.05) is 53.4 Å². The molecule has 1 fully saturated rings. The highest BCUT2D eigenvalue weighted by atomic mass is 35.5. The van der Waals surface area contributed by atoms with Gasteiger partial charge in [0.15, 0.2) is 0 Å². The van der Waals surface area contributed by atoms with Crippen LogP contribution in [0.15, 0.2) is 24.3 Å². The lowest BCUT2D eigenvalue weighted by molar-refractivity contribution is 0.0778. The maximum absolute atomic E-state index is 12.6. The number of nitrogens with zero attached hydrogens (tertiary/aromatic N) is 3. The summed E-state index contributed by atoms with van der Waals surface area (Å²) in [5, 5.41) is 1.68. The first-order valence-corrected chi connectivity index (χ1v) is 8.85. The zero-order valence-corrected chi connectivity index (χ0v) is 15.1. The van der Waals surface area contributed by atoms with Crippen molar-refractivity contribution in [3.05, 3.63) is 35.0 Å². The van der Waals surface area contributed by atoms with E-state index in [1.807, 2.05) is 31.3 Å². The van der Waals surface area contributed by atoms with E-state index in [1.54, 1.807) is 4.90 Å². The first kappa shape index (κ1) is 17.3. The minimum atomic E-state index is 0.0284. The Morgan fingerprint density at radius 1 is 1.25 bits per heavy atom. The fourth-order valence-electron chi connectivity index (χ4n) is 3.12. The molecule has 0 unspecified atom stereocenters. The zero-order valence-electron chi connectivity index (χ0n) is 14.4. The number of carbonyl (C=O) groups is 1. The number of hydrogen-bond donors (Lipinski definition) is 1. The number of H-pyrrole nitrogens is 1. The van der Waals surface area contributed by atoms with Crippen molar-refractivity contribution in [2.45, 2.75) is 6.42 Å². The Morgan fingerprint density at radius 3 is 2.75 bits per heavy atom. The van der Waals surface area contributed by atoms with Gasteiger partial charge in [-0.05, 0) is 38.2 Å². The van der Waals surface area contributed by atoms with Crippen LogP contribution >= 0.6 is 11.6 Å². The molecule has 6 heteroatoms. The normalized spacial score (nSPS) is 16.6. The fourth-order valence-corrected chi connectivity index (χ4v) is 3.30. The van der Waals surface area contributed by atoms with Gasteiger partial charge in [0, 0.05) is 55.7 Å². The molecule has 24 heavy (non-hydrogen) atoms. The number of likely N-dealkylation sites (N-methyl/N-ethyl adjacent to an activating group) is 1. The van der Waals surface area contributed by atoms with Gasteiger partial charge >= 0.3 is 0 Å². The lowest BCUT2D eigenvalue weighted by Gasteiger charge is -2.32. The Labute approximate surface area is 148 Å². The fraction of sp³-hybridized carbons (Fsp3) is 0.500. The Bertz CT molecular complexity index is 706. The second kappa shape index (κ2) is 7.55. The SMILES string of the molecule is CN1CCN(CCCN(C)C(=O)c2cc3ccc(Cl)cc3[nH]2)CC1. The number of nitrogens with one attached hydrogen (secondary N) is 1. The third-order valence-corrected chi connectivity index (χ3v) is 4.96. The molecule has 1 aromatic heterocycles. The molecule has 1 aliphatic heterocycles. The van der Waals surface area contributed by atoms with Crippen molar-refractivity contribution in [1.82, 2.24) is 19.7 Å². The van der Waals surface area contributed by atoms with Crippen molar-refractivity contribution in [2.24, 2.45) is 0 Å². The monoisotopic (exact) mass is 348 g/mol. The summed E-state index contributed by atoms with van der Waals surface area (Å²) in [5.74, 6) is 0.0284. The van der Waals surface area contributed by atoms with Crippen molar-refractivity contribution in [3.8, 4) is 0 Å². The van der Waals surface area contributed by atoms with E-state index >= 15 is 0 Å². The van der Waals surface area contributed by atoms with Crippen LogP contribution in [0.2, 0.25) is 5.02 Å². The highest BCUT2D eigenvalue weighted by Gasteiger charge is 2.16. The molecule has 0 spiro atoms. The van der Waals surface area contributed by atoms with Gasteiger partial charge in [0.25, 0.3) is 5.91 Å². The van der Waals surface area contributed by atoms with Gasteiger partial charge < -0.3 is 19.7 Å². The molecule has 1 N–H and O–H groups in total. The van der Waals surface area contributed by atoms with E-state index in [0.717, 1.165) is 56.6 Å². The molecule has 0 bridgehead atoms. The molecule has 2 heterocycles. The molecule has 0 radical (unpaired) electrons. The third kappa shape index (κ3) is 4.09. The molecule has 0 aliphatic carbocycles. The standard InChI is InChI=1S/C18H25ClN4O/c1-21-8-10-23(11-9-21)7-3-6-22(2)18(24)17-12-14-4-5-15(19)13-16(14)20-17/h4-5,12-13,20H,3,6-11H2,1-2H3. The number of amides is 1. The number of halogens is 1. The number of rotatable bonds is 5. The molecule has 2 aromatic rings. The highest BCUT2D eigenvalue weighted by molar-refractivity contribution is 6.31. The van der Waals surface area contributed by atoms with Gasteiger partial charge in [0.1, 0.15) is 5.69 Å². The van der Waals surface area contributed by atoms with Crippen LogP contribution in [0.3, 0.4) is 0 Å². The van der Waals surface area contributed by atoms with Gasteiger partial charge in [-0.25, -0.2) is 0 Å². The molecule has 1 aliphatic rings. The van der Waals surface area contributed by atoms with E-state index in [9.17, 15) is 4.79 Å².